The summed E-state index contributed by atoms with van der Waals surface area (Å²) >= 11 is 0. The summed E-state index contributed by atoms with van der Waals surface area (Å²) in [7, 11) is -1.16. The first-order chi connectivity index (χ1) is 11.5. The van der Waals surface area contributed by atoms with Gasteiger partial charge in [0.15, 0.2) is 0 Å². The Morgan fingerprint density at radius 1 is 1.25 bits per heavy atom. The van der Waals surface area contributed by atoms with Crippen LogP contribution >= 0.6 is 0 Å². The van der Waals surface area contributed by atoms with Crippen molar-refractivity contribution in [3.8, 4) is 11.3 Å². The van der Waals surface area contributed by atoms with Gasteiger partial charge in [-0.05, 0) is 19.3 Å². The molecule has 8 heteroatoms. The predicted molar refractivity (Wildman–Crippen MR) is 88.7 cm³/mol. The lowest BCUT2D eigenvalue weighted by molar-refractivity contribution is 0.297. The molecule has 0 aromatic carbocycles. The number of rotatable bonds is 3. The van der Waals surface area contributed by atoms with Crippen LogP contribution in [0.5, 0.6) is 0 Å². The first kappa shape index (κ1) is 14.7. The maximum Gasteiger partial charge on any atom is 0.217 e. The van der Waals surface area contributed by atoms with Crippen molar-refractivity contribution in [3.05, 3.63) is 24.4 Å². The van der Waals surface area contributed by atoms with Gasteiger partial charge < -0.3 is 4.57 Å². The third-order valence-electron chi connectivity index (χ3n) is 5.67. The lowest BCUT2D eigenvalue weighted by Crippen LogP contribution is -2.35. The van der Waals surface area contributed by atoms with Crippen molar-refractivity contribution >= 4 is 10.0 Å². The second kappa shape index (κ2) is 4.70. The summed E-state index contributed by atoms with van der Waals surface area (Å²) < 4.78 is 30.8. The van der Waals surface area contributed by atoms with Gasteiger partial charge in [0.25, 0.3) is 0 Å². The summed E-state index contributed by atoms with van der Waals surface area (Å²) in [4.78, 5) is 4.59. The highest BCUT2D eigenvalue weighted by molar-refractivity contribution is 7.90. The first-order valence-electron chi connectivity index (χ1n) is 8.49. The van der Waals surface area contributed by atoms with Crippen LogP contribution in [0.2, 0.25) is 0 Å². The van der Waals surface area contributed by atoms with Crippen molar-refractivity contribution in [2.75, 3.05) is 13.1 Å². The maximum absolute atomic E-state index is 12.5. The number of imidazole rings is 1. The van der Waals surface area contributed by atoms with E-state index in [4.69, 9.17) is 0 Å². The molecule has 1 spiro atoms. The highest BCUT2D eigenvalue weighted by Gasteiger charge is 2.50. The van der Waals surface area contributed by atoms with Crippen LogP contribution in [0.4, 0.5) is 0 Å². The molecule has 4 heterocycles. The maximum atomic E-state index is 12.5. The number of hydrogen-bond acceptors (Lipinski definition) is 4. The molecular formula is C16H21N5O2S. The standard InChI is InChI=1S/C16H21N5O2S/c1-19-9-12(7-18-19)14-8-17-15-6-16(11-21(14)15)4-5-20(10-16)24(22,23)13-2-3-13/h7-9,13H,2-6,10-11H2,1H3/t16-/m1/s1. The van der Waals surface area contributed by atoms with Crippen molar-refractivity contribution in [3.63, 3.8) is 0 Å². The van der Waals surface area contributed by atoms with Crippen LogP contribution in [-0.2, 0) is 30.0 Å². The minimum atomic E-state index is -3.07. The molecule has 0 radical (unpaired) electrons. The zero-order valence-corrected chi connectivity index (χ0v) is 14.5. The van der Waals surface area contributed by atoms with Gasteiger partial charge in [-0.25, -0.2) is 17.7 Å². The molecule has 0 bridgehead atoms. The van der Waals surface area contributed by atoms with Crippen molar-refractivity contribution in [1.29, 1.82) is 0 Å². The Balaban J connectivity index is 1.42. The zero-order chi connectivity index (χ0) is 16.5. The Morgan fingerprint density at radius 3 is 2.79 bits per heavy atom. The van der Waals surface area contributed by atoms with Gasteiger partial charge in [-0.3, -0.25) is 4.68 Å². The minimum absolute atomic E-state index is 0.0164. The lowest BCUT2D eigenvalue weighted by atomic mass is 9.86. The molecule has 1 saturated heterocycles. The number of hydrogen-bond donors (Lipinski definition) is 0. The minimum Gasteiger partial charge on any atom is -0.327 e. The molecule has 0 unspecified atom stereocenters. The fraction of sp³-hybridized carbons (Fsp3) is 0.625. The molecule has 128 valence electrons. The summed E-state index contributed by atoms with van der Waals surface area (Å²) in [5, 5.41) is 4.13. The average Bonchev–Trinajstić information content (AvgIpc) is 2.87. The van der Waals surface area contributed by atoms with Gasteiger partial charge in [0.1, 0.15) is 5.82 Å². The monoisotopic (exact) mass is 347 g/mol. The lowest BCUT2D eigenvalue weighted by Gasteiger charge is -2.23. The van der Waals surface area contributed by atoms with E-state index < -0.39 is 10.0 Å². The highest BCUT2D eigenvalue weighted by Crippen LogP contribution is 2.45. The third-order valence-corrected chi connectivity index (χ3v) is 8.02. The predicted octanol–water partition coefficient (Wildman–Crippen LogP) is 1.02. The number of aryl methyl sites for hydroxylation is 1. The van der Waals surface area contributed by atoms with Crippen molar-refractivity contribution < 1.29 is 8.42 Å². The van der Waals surface area contributed by atoms with Gasteiger partial charge in [0.2, 0.25) is 10.0 Å². The molecule has 3 aliphatic rings. The Labute approximate surface area is 141 Å². The molecule has 2 aromatic heterocycles. The molecular weight excluding hydrogens is 326 g/mol. The zero-order valence-electron chi connectivity index (χ0n) is 13.7. The van der Waals surface area contributed by atoms with Gasteiger partial charge in [-0.15, -0.1) is 0 Å². The van der Waals surface area contributed by atoms with Crippen LogP contribution in [0.15, 0.2) is 18.6 Å². The quantitative estimate of drug-likeness (QED) is 0.831. The molecule has 24 heavy (non-hydrogen) atoms. The summed E-state index contributed by atoms with van der Waals surface area (Å²) in [6, 6.07) is 0. The average molecular weight is 347 g/mol. The largest absolute Gasteiger partial charge is 0.327 e. The van der Waals surface area contributed by atoms with Crippen LogP contribution in [0.3, 0.4) is 0 Å². The van der Waals surface area contributed by atoms with Crippen LogP contribution in [0, 0.1) is 5.41 Å². The second-order valence-corrected chi connectivity index (χ2v) is 9.77. The number of nitrogens with zero attached hydrogens (tertiary/aromatic N) is 5. The molecule has 5 rings (SSSR count). The highest BCUT2D eigenvalue weighted by atomic mass is 32.2. The van der Waals surface area contributed by atoms with E-state index in [0.29, 0.717) is 13.1 Å². The van der Waals surface area contributed by atoms with Gasteiger partial charge >= 0.3 is 0 Å². The van der Waals surface area contributed by atoms with Gasteiger partial charge in [-0.2, -0.15) is 5.10 Å². The van der Waals surface area contributed by atoms with Crippen LogP contribution in [0.25, 0.3) is 11.3 Å². The number of fused-ring (bicyclic) bond motifs is 1. The molecule has 1 atom stereocenters. The van der Waals surface area contributed by atoms with Crippen molar-refractivity contribution in [1.82, 2.24) is 23.6 Å². The van der Waals surface area contributed by atoms with E-state index in [1.165, 1.54) is 0 Å². The Hall–Kier alpha value is -1.67. The molecule has 0 N–H and O–H groups in total. The fourth-order valence-corrected chi connectivity index (χ4v) is 6.16. The Bertz CT molecular complexity index is 911. The van der Waals surface area contributed by atoms with Gasteiger partial charge in [0.05, 0.1) is 23.3 Å². The summed E-state index contributed by atoms with van der Waals surface area (Å²) in [5.74, 6) is 1.07. The third kappa shape index (κ3) is 2.09. The topological polar surface area (TPSA) is 73.0 Å². The summed E-state index contributed by atoms with van der Waals surface area (Å²) in [5.41, 5.74) is 2.16. The van der Waals surface area contributed by atoms with E-state index in [1.807, 2.05) is 25.6 Å². The summed E-state index contributed by atoms with van der Waals surface area (Å²) in [6.07, 6.45) is 9.21. The fourth-order valence-electron chi connectivity index (χ4n) is 4.20. The van der Waals surface area contributed by atoms with Crippen LogP contribution < -0.4 is 0 Å². The molecule has 1 saturated carbocycles. The number of aromatic nitrogens is 4. The number of sulfonamides is 1. The van der Waals surface area contributed by atoms with Crippen molar-refractivity contribution in [2.24, 2.45) is 12.5 Å². The van der Waals surface area contributed by atoms with Gasteiger partial charge in [0, 0.05) is 50.3 Å². The van der Waals surface area contributed by atoms with E-state index in [9.17, 15) is 8.42 Å². The van der Waals surface area contributed by atoms with E-state index in [-0.39, 0.29) is 10.7 Å². The van der Waals surface area contributed by atoms with Crippen molar-refractivity contribution in [2.45, 2.75) is 37.5 Å². The Kier molecular flexibility index (Phi) is 2.87. The molecule has 2 aromatic rings. The van der Waals surface area contributed by atoms with E-state index in [2.05, 4.69) is 14.6 Å². The molecule has 2 aliphatic heterocycles. The summed E-state index contributed by atoms with van der Waals surface area (Å²) in [6.45, 7) is 2.15. The Morgan fingerprint density at radius 2 is 2.08 bits per heavy atom. The molecule has 1 aliphatic carbocycles. The molecule has 0 amide bonds. The second-order valence-electron chi connectivity index (χ2n) is 7.55. The SMILES string of the molecule is Cn1cc(-c2cnc3n2C[C@]2(CCN(S(=O)(=O)C4CC4)C2)C3)cn1. The van der Waals surface area contributed by atoms with E-state index >= 15 is 0 Å². The van der Waals surface area contributed by atoms with E-state index in [0.717, 1.165) is 49.3 Å². The van der Waals surface area contributed by atoms with Crippen LogP contribution in [0.1, 0.15) is 25.1 Å². The smallest absolute Gasteiger partial charge is 0.217 e. The van der Waals surface area contributed by atoms with Crippen LogP contribution in [-0.4, -0.2) is 50.4 Å². The normalized spacial score (nSPS) is 27.2. The molecule has 7 nitrogen and oxygen atoms in total. The van der Waals surface area contributed by atoms with E-state index in [1.54, 1.807) is 8.99 Å². The van der Waals surface area contributed by atoms with Gasteiger partial charge in [-0.1, -0.05) is 0 Å². The molecule has 2 fully saturated rings. The first-order valence-corrected chi connectivity index (χ1v) is 10.00.